The molecule has 0 aliphatic carbocycles. The molecule has 1 aliphatic rings. The molecule has 0 aromatic heterocycles. The molecule has 0 amide bonds. The van der Waals surface area contributed by atoms with Crippen molar-refractivity contribution in [1.82, 2.24) is 5.32 Å². The number of ether oxygens (including phenoxy) is 1. The molecule has 0 radical (unpaired) electrons. The SMILES string of the molecule is CC1CNCCc2cc(Oc3c(F)cccc3F)ccc21. The van der Waals surface area contributed by atoms with Crippen molar-refractivity contribution in [3.8, 4) is 11.5 Å². The van der Waals surface area contributed by atoms with Crippen LogP contribution in [0, 0.1) is 11.6 Å². The lowest BCUT2D eigenvalue weighted by Crippen LogP contribution is -2.18. The lowest BCUT2D eigenvalue weighted by molar-refractivity contribution is 0.407. The van der Waals surface area contributed by atoms with Crippen molar-refractivity contribution in [3.63, 3.8) is 0 Å². The van der Waals surface area contributed by atoms with Crippen molar-refractivity contribution in [2.45, 2.75) is 19.3 Å². The monoisotopic (exact) mass is 289 g/mol. The third-order valence-corrected chi connectivity index (χ3v) is 3.81. The Kier molecular flexibility index (Phi) is 3.88. The fourth-order valence-electron chi connectivity index (χ4n) is 2.69. The normalized spacial score (nSPS) is 18.0. The van der Waals surface area contributed by atoms with Crippen molar-refractivity contribution >= 4 is 0 Å². The average molecular weight is 289 g/mol. The Bertz CT molecular complexity index is 637. The second-order valence-electron chi connectivity index (χ2n) is 5.37. The molecule has 0 bridgehead atoms. The second kappa shape index (κ2) is 5.82. The van der Waals surface area contributed by atoms with Crippen LogP contribution in [0.5, 0.6) is 11.5 Å². The largest absolute Gasteiger partial charge is 0.451 e. The van der Waals surface area contributed by atoms with E-state index in [4.69, 9.17) is 4.74 Å². The van der Waals surface area contributed by atoms with Gasteiger partial charge in [0.2, 0.25) is 0 Å². The Labute approximate surface area is 122 Å². The van der Waals surface area contributed by atoms with E-state index in [0.717, 1.165) is 19.5 Å². The first kappa shape index (κ1) is 14.0. The zero-order valence-electron chi connectivity index (χ0n) is 11.8. The summed E-state index contributed by atoms with van der Waals surface area (Å²) in [5, 5.41) is 3.37. The van der Waals surface area contributed by atoms with Crippen LogP contribution in [0.1, 0.15) is 24.0 Å². The second-order valence-corrected chi connectivity index (χ2v) is 5.37. The van der Waals surface area contributed by atoms with Crippen LogP contribution in [-0.2, 0) is 6.42 Å². The highest BCUT2D eigenvalue weighted by Crippen LogP contribution is 2.31. The van der Waals surface area contributed by atoms with E-state index < -0.39 is 11.6 Å². The van der Waals surface area contributed by atoms with Crippen molar-refractivity contribution < 1.29 is 13.5 Å². The number of nitrogens with one attached hydrogen (secondary N) is 1. The molecule has 1 N–H and O–H groups in total. The van der Waals surface area contributed by atoms with Gasteiger partial charge in [0.25, 0.3) is 0 Å². The van der Waals surface area contributed by atoms with Gasteiger partial charge in [0.1, 0.15) is 5.75 Å². The number of rotatable bonds is 2. The van der Waals surface area contributed by atoms with E-state index in [1.807, 2.05) is 12.1 Å². The zero-order chi connectivity index (χ0) is 14.8. The number of hydrogen-bond donors (Lipinski definition) is 1. The Balaban J connectivity index is 1.92. The number of para-hydroxylation sites is 1. The highest BCUT2D eigenvalue weighted by molar-refractivity contribution is 5.41. The van der Waals surface area contributed by atoms with E-state index in [-0.39, 0.29) is 5.75 Å². The highest BCUT2D eigenvalue weighted by Gasteiger charge is 2.16. The summed E-state index contributed by atoms with van der Waals surface area (Å²) in [7, 11) is 0. The Hall–Kier alpha value is -1.94. The fraction of sp³-hybridized carbons (Fsp3) is 0.294. The van der Waals surface area contributed by atoms with Crippen LogP contribution in [-0.4, -0.2) is 13.1 Å². The molecular formula is C17H17F2NO. The average Bonchev–Trinajstić information content (AvgIpc) is 2.65. The molecule has 1 unspecified atom stereocenters. The first-order valence-corrected chi connectivity index (χ1v) is 7.10. The van der Waals surface area contributed by atoms with Crippen molar-refractivity contribution in [1.29, 1.82) is 0 Å². The van der Waals surface area contributed by atoms with Crippen molar-refractivity contribution in [2.75, 3.05) is 13.1 Å². The topological polar surface area (TPSA) is 21.3 Å². The van der Waals surface area contributed by atoms with E-state index in [2.05, 4.69) is 12.2 Å². The van der Waals surface area contributed by atoms with Crippen LogP contribution in [0.3, 0.4) is 0 Å². The molecule has 21 heavy (non-hydrogen) atoms. The van der Waals surface area contributed by atoms with Gasteiger partial charge < -0.3 is 10.1 Å². The first-order valence-electron chi connectivity index (χ1n) is 7.10. The molecule has 2 nitrogen and oxygen atoms in total. The summed E-state index contributed by atoms with van der Waals surface area (Å²) in [6.07, 6.45) is 0.886. The van der Waals surface area contributed by atoms with Gasteiger partial charge in [0.05, 0.1) is 0 Å². The minimum absolute atomic E-state index is 0.350. The summed E-state index contributed by atoms with van der Waals surface area (Å²) in [6, 6.07) is 9.34. The number of fused-ring (bicyclic) bond motifs is 1. The van der Waals surface area contributed by atoms with Crippen LogP contribution >= 0.6 is 0 Å². The quantitative estimate of drug-likeness (QED) is 0.902. The first-order chi connectivity index (χ1) is 10.1. The predicted molar refractivity (Wildman–Crippen MR) is 77.9 cm³/mol. The van der Waals surface area contributed by atoms with Crippen molar-refractivity contribution in [3.05, 3.63) is 59.2 Å². The summed E-state index contributed by atoms with van der Waals surface area (Å²) in [4.78, 5) is 0. The van der Waals surface area contributed by atoms with Crippen LogP contribution in [0.2, 0.25) is 0 Å². The maximum absolute atomic E-state index is 13.6. The van der Waals surface area contributed by atoms with Crippen LogP contribution in [0.15, 0.2) is 36.4 Å². The Morgan fingerprint density at radius 2 is 1.90 bits per heavy atom. The molecule has 0 fully saturated rings. The molecule has 0 saturated heterocycles. The lowest BCUT2D eigenvalue weighted by atomic mass is 9.95. The minimum Gasteiger partial charge on any atom is -0.451 e. The standard InChI is InChI=1S/C17H17F2NO/c1-11-10-20-8-7-12-9-13(5-6-14(11)12)21-17-15(18)3-2-4-16(17)19/h2-6,9,11,20H,7-8,10H2,1H3. The van der Waals surface area contributed by atoms with Crippen molar-refractivity contribution in [2.24, 2.45) is 0 Å². The minimum atomic E-state index is -0.694. The molecule has 0 spiro atoms. The predicted octanol–water partition coefficient (Wildman–Crippen LogP) is 4.01. The van der Waals surface area contributed by atoms with Gasteiger partial charge in [-0.15, -0.1) is 0 Å². The van der Waals surface area contributed by atoms with Crippen LogP contribution in [0.4, 0.5) is 8.78 Å². The summed E-state index contributed by atoms with van der Waals surface area (Å²) < 4.78 is 32.7. The summed E-state index contributed by atoms with van der Waals surface area (Å²) in [5.74, 6) is -0.856. The van der Waals surface area contributed by atoms with Gasteiger partial charge in [-0.05, 0) is 54.3 Å². The van der Waals surface area contributed by atoms with E-state index in [1.54, 1.807) is 6.07 Å². The van der Waals surface area contributed by atoms with E-state index >= 15 is 0 Å². The Morgan fingerprint density at radius 1 is 1.14 bits per heavy atom. The molecule has 4 heteroatoms. The smallest absolute Gasteiger partial charge is 0.198 e. The molecule has 0 saturated carbocycles. The summed E-state index contributed by atoms with van der Waals surface area (Å²) in [6.45, 7) is 4.00. The van der Waals surface area contributed by atoms with Crippen LogP contribution < -0.4 is 10.1 Å². The third-order valence-electron chi connectivity index (χ3n) is 3.81. The number of hydrogen-bond acceptors (Lipinski definition) is 2. The molecule has 2 aromatic rings. The van der Waals surface area contributed by atoms with Gasteiger partial charge in [0, 0.05) is 6.54 Å². The number of benzene rings is 2. The Morgan fingerprint density at radius 3 is 2.67 bits per heavy atom. The molecule has 110 valence electrons. The number of halogens is 2. The van der Waals surface area contributed by atoms with Gasteiger partial charge in [0.15, 0.2) is 17.4 Å². The molecule has 1 aliphatic heterocycles. The highest BCUT2D eigenvalue weighted by atomic mass is 19.1. The maximum atomic E-state index is 13.6. The molecule has 3 rings (SSSR count). The molecule has 1 atom stereocenters. The van der Waals surface area contributed by atoms with Crippen LogP contribution in [0.25, 0.3) is 0 Å². The zero-order valence-corrected chi connectivity index (χ0v) is 11.8. The summed E-state index contributed by atoms with van der Waals surface area (Å²) in [5.41, 5.74) is 2.43. The third kappa shape index (κ3) is 2.90. The summed E-state index contributed by atoms with van der Waals surface area (Å²) >= 11 is 0. The van der Waals surface area contributed by atoms with Gasteiger partial charge in [-0.1, -0.05) is 19.1 Å². The van der Waals surface area contributed by atoms with Gasteiger partial charge in [-0.3, -0.25) is 0 Å². The molecule has 2 aromatic carbocycles. The van der Waals surface area contributed by atoms with E-state index in [0.29, 0.717) is 11.7 Å². The van der Waals surface area contributed by atoms with Gasteiger partial charge in [-0.2, -0.15) is 0 Å². The maximum Gasteiger partial charge on any atom is 0.198 e. The molecule has 1 heterocycles. The van der Waals surface area contributed by atoms with E-state index in [1.165, 1.54) is 29.3 Å². The van der Waals surface area contributed by atoms with E-state index in [9.17, 15) is 8.78 Å². The van der Waals surface area contributed by atoms with Gasteiger partial charge in [-0.25, -0.2) is 8.78 Å². The lowest BCUT2D eigenvalue weighted by Gasteiger charge is -2.14. The van der Waals surface area contributed by atoms with Gasteiger partial charge >= 0.3 is 0 Å². The fourth-order valence-corrected chi connectivity index (χ4v) is 2.69. The molecular weight excluding hydrogens is 272 g/mol.